The molecule has 1 saturated carbocycles. The number of hydrogen-bond donors (Lipinski definition) is 1. The number of rotatable bonds is 3. The predicted molar refractivity (Wildman–Crippen MR) is 95.6 cm³/mol. The van der Waals surface area contributed by atoms with E-state index in [0.717, 1.165) is 23.6 Å². The fraction of sp³-hybridized carbons (Fsp3) is 0.667. The summed E-state index contributed by atoms with van der Waals surface area (Å²) in [5, 5.41) is 3.46. The zero-order valence-electron chi connectivity index (χ0n) is 12.1. The van der Waals surface area contributed by atoms with Gasteiger partial charge in [-0.25, -0.2) is 4.98 Å². The highest BCUT2D eigenvalue weighted by molar-refractivity contribution is 9.10. The number of piperazine rings is 1. The van der Waals surface area contributed by atoms with E-state index in [1.807, 2.05) is 6.20 Å². The van der Waals surface area contributed by atoms with E-state index in [0.29, 0.717) is 6.04 Å². The van der Waals surface area contributed by atoms with Gasteiger partial charge in [0.25, 0.3) is 0 Å². The summed E-state index contributed by atoms with van der Waals surface area (Å²) in [5.41, 5.74) is 1.44. The van der Waals surface area contributed by atoms with Gasteiger partial charge in [0, 0.05) is 38.4 Å². The first kappa shape index (κ1) is 19.2. The number of halogens is 3. The quantitative estimate of drug-likeness (QED) is 0.787. The Bertz CT molecular complexity index is 421. The number of hydrogen-bond acceptors (Lipinski definition) is 3. The van der Waals surface area contributed by atoms with Crippen LogP contribution in [-0.2, 0) is 0 Å². The van der Waals surface area contributed by atoms with Gasteiger partial charge < -0.3 is 5.32 Å². The smallest absolute Gasteiger partial charge is 0.106 e. The summed E-state index contributed by atoms with van der Waals surface area (Å²) in [6.45, 7) is 4.58. The standard InChI is InChI=1S/C15H22BrN3.2ClH/c16-14-11-13(5-6-18-14)15(12-3-1-2-4-12)19-9-7-17-8-10-19;;/h5-6,11-12,15,17H,1-4,7-10H2;2*1H/t15-;;/m0../s1. The SMILES string of the molecule is Brc1cc([C@H](C2CCCC2)N2CCNCC2)ccn1.Cl.Cl. The first-order valence-electron chi connectivity index (χ1n) is 7.41. The van der Waals surface area contributed by atoms with Crippen molar-refractivity contribution in [1.29, 1.82) is 0 Å². The van der Waals surface area contributed by atoms with E-state index < -0.39 is 0 Å². The second kappa shape index (κ2) is 9.31. The van der Waals surface area contributed by atoms with Gasteiger partial charge in [-0.3, -0.25) is 4.90 Å². The van der Waals surface area contributed by atoms with Crippen molar-refractivity contribution >= 4 is 40.7 Å². The minimum atomic E-state index is 0. The maximum atomic E-state index is 4.28. The summed E-state index contributed by atoms with van der Waals surface area (Å²) < 4.78 is 0.961. The number of pyridine rings is 1. The van der Waals surface area contributed by atoms with Crippen LogP contribution < -0.4 is 5.32 Å². The molecule has 1 aliphatic carbocycles. The molecule has 1 aromatic rings. The van der Waals surface area contributed by atoms with Crippen LogP contribution in [0.5, 0.6) is 0 Å². The lowest BCUT2D eigenvalue weighted by atomic mass is 9.90. The first-order valence-corrected chi connectivity index (χ1v) is 8.20. The molecule has 3 nitrogen and oxygen atoms in total. The second-order valence-corrected chi connectivity index (χ2v) is 6.50. The lowest BCUT2D eigenvalue weighted by molar-refractivity contribution is 0.125. The van der Waals surface area contributed by atoms with Gasteiger partial charge in [0.15, 0.2) is 0 Å². The van der Waals surface area contributed by atoms with Gasteiger partial charge in [0.1, 0.15) is 4.60 Å². The third-order valence-corrected chi connectivity index (χ3v) is 4.92. The molecule has 0 radical (unpaired) electrons. The Morgan fingerprint density at radius 2 is 1.86 bits per heavy atom. The monoisotopic (exact) mass is 395 g/mol. The average molecular weight is 397 g/mol. The largest absolute Gasteiger partial charge is 0.314 e. The van der Waals surface area contributed by atoms with Crippen LogP contribution in [0.3, 0.4) is 0 Å². The molecule has 0 amide bonds. The second-order valence-electron chi connectivity index (χ2n) is 5.69. The molecule has 21 heavy (non-hydrogen) atoms. The topological polar surface area (TPSA) is 28.2 Å². The molecule has 6 heteroatoms. The van der Waals surface area contributed by atoms with Crippen molar-refractivity contribution in [3.8, 4) is 0 Å². The molecule has 1 saturated heterocycles. The van der Waals surface area contributed by atoms with Gasteiger partial charge in [0.2, 0.25) is 0 Å². The summed E-state index contributed by atoms with van der Waals surface area (Å²) in [6, 6.07) is 5.00. The van der Waals surface area contributed by atoms with E-state index in [9.17, 15) is 0 Å². The van der Waals surface area contributed by atoms with E-state index in [2.05, 4.69) is 43.3 Å². The van der Waals surface area contributed by atoms with Crippen LogP contribution in [0.1, 0.15) is 37.3 Å². The molecule has 1 aliphatic heterocycles. The van der Waals surface area contributed by atoms with Gasteiger partial charge in [-0.2, -0.15) is 0 Å². The van der Waals surface area contributed by atoms with Crippen molar-refractivity contribution in [2.75, 3.05) is 26.2 Å². The van der Waals surface area contributed by atoms with E-state index >= 15 is 0 Å². The van der Waals surface area contributed by atoms with Gasteiger partial charge in [-0.1, -0.05) is 12.8 Å². The molecule has 0 unspecified atom stereocenters. The molecule has 1 atom stereocenters. The van der Waals surface area contributed by atoms with Crippen LogP contribution in [0.25, 0.3) is 0 Å². The lowest BCUT2D eigenvalue weighted by Gasteiger charge is -2.38. The Morgan fingerprint density at radius 1 is 1.19 bits per heavy atom. The molecule has 0 spiro atoms. The Morgan fingerprint density at radius 3 is 2.48 bits per heavy atom. The predicted octanol–water partition coefficient (Wildman–Crippen LogP) is 3.82. The zero-order valence-corrected chi connectivity index (χ0v) is 15.4. The normalized spacial score (nSPS) is 21.4. The van der Waals surface area contributed by atoms with Crippen molar-refractivity contribution in [3.63, 3.8) is 0 Å². The number of nitrogens with one attached hydrogen (secondary N) is 1. The van der Waals surface area contributed by atoms with Crippen LogP contribution in [0.15, 0.2) is 22.9 Å². The van der Waals surface area contributed by atoms with E-state index in [-0.39, 0.29) is 24.8 Å². The summed E-state index contributed by atoms with van der Waals surface area (Å²) in [7, 11) is 0. The van der Waals surface area contributed by atoms with Gasteiger partial charge >= 0.3 is 0 Å². The van der Waals surface area contributed by atoms with Crippen LogP contribution >= 0.6 is 40.7 Å². The number of aromatic nitrogens is 1. The van der Waals surface area contributed by atoms with Crippen LogP contribution in [-0.4, -0.2) is 36.1 Å². The molecule has 1 aromatic heterocycles. The highest BCUT2D eigenvalue weighted by Crippen LogP contribution is 2.39. The van der Waals surface area contributed by atoms with E-state index in [1.165, 1.54) is 44.3 Å². The summed E-state index contributed by atoms with van der Waals surface area (Å²) in [6.07, 6.45) is 7.51. The molecule has 3 rings (SSSR count). The Hall–Kier alpha value is 0.130. The highest BCUT2D eigenvalue weighted by Gasteiger charge is 2.31. The summed E-state index contributed by atoms with van der Waals surface area (Å²) >= 11 is 3.52. The molecular formula is C15H24BrCl2N3. The lowest BCUT2D eigenvalue weighted by Crippen LogP contribution is -2.46. The average Bonchev–Trinajstić information content (AvgIpc) is 2.94. The Labute approximate surface area is 148 Å². The number of nitrogens with zero attached hydrogens (tertiary/aromatic N) is 2. The Balaban J connectivity index is 0.00000110. The highest BCUT2D eigenvalue weighted by atomic mass is 79.9. The maximum absolute atomic E-state index is 4.28. The van der Waals surface area contributed by atoms with Crippen LogP contribution in [0.4, 0.5) is 0 Å². The Kier molecular flexibility index (Phi) is 8.50. The fourth-order valence-electron chi connectivity index (χ4n) is 3.62. The minimum Gasteiger partial charge on any atom is -0.314 e. The third-order valence-electron chi connectivity index (χ3n) is 4.48. The first-order chi connectivity index (χ1) is 9.34. The minimum absolute atomic E-state index is 0. The molecule has 1 N–H and O–H groups in total. The van der Waals surface area contributed by atoms with Gasteiger partial charge in [-0.05, 0) is 52.4 Å². The van der Waals surface area contributed by atoms with Crippen molar-refractivity contribution in [2.45, 2.75) is 31.7 Å². The van der Waals surface area contributed by atoms with E-state index in [4.69, 9.17) is 0 Å². The molecule has 0 aromatic carbocycles. The zero-order chi connectivity index (χ0) is 13.1. The molecular weight excluding hydrogens is 373 g/mol. The van der Waals surface area contributed by atoms with E-state index in [1.54, 1.807) is 0 Å². The van der Waals surface area contributed by atoms with Crippen LogP contribution in [0.2, 0.25) is 0 Å². The molecule has 2 aliphatic rings. The van der Waals surface area contributed by atoms with Crippen molar-refractivity contribution < 1.29 is 0 Å². The van der Waals surface area contributed by atoms with Crippen LogP contribution in [0, 0.1) is 5.92 Å². The van der Waals surface area contributed by atoms with Crippen molar-refractivity contribution in [2.24, 2.45) is 5.92 Å². The fourth-order valence-corrected chi connectivity index (χ4v) is 4.00. The van der Waals surface area contributed by atoms with Gasteiger partial charge in [-0.15, -0.1) is 24.8 Å². The molecule has 2 fully saturated rings. The molecule has 2 heterocycles. The van der Waals surface area contributed by atoms with Crippen molar-refractivity contribution in [1.82, 2.24) is 15.2 Å². The van der Waals surface area contributed by atoms with Gasteiger partial charge in [0.05, 0.1) is 0 Å². The maximum Gasteiger partial charge on any atom is 0.106 e. The summed E-state index contributed by atoms with van der Waals surface area (Å²) in [4.78, 5) is 6.95. The molecule has 0 bridgehead atoms. The summed E-state index contributed by atoms with van der Waals surface area (Å²) in [5.74, 6) is 0.826. The third kappa shape index (κ3) is 4.80. The molecule has 120 valence electrons. The van der Waals surface area contributed by atoms with Crippen molar-refractivity contribution in [3.05, 3.63) is 28.5 Å².